The number of amides is 2. The quantitative estimate of drug-likeness (QED) is 0.367. The fourth-order valence-corrected chi connectivity index (χ4v) is 5.81. The molecule has 7 nitrogen and oxygen atoms in total. The Morgan fingerprint density at radius 1 is 0.897 bits per heavy atom. The second kappa shape index (κ2) is 12.9. The van der Waals surface area contributed by atoms with Crippen LogP contribution in [0.4, 0.5) is 5.69 Å². The van der Waals surface area contributed by atoms with Gasteiger partial charge >= 0.3 is 0 Å². The molecule has 8 heteroatoms. The lowest BCUT2D eigenvalue weighted by Crippen LogP contribution is -2.56. The third-order valence-corrected chi connectivity index (χ3v) is 8.06. The van der Waals surface area contributed by atoms with Crippen LogP contribution < -0.4 is 9.62 Å². The van der Waals surface area contributed by atoms with Gasteiger partial charge < -0.3 is 10.2 Å². The normalized spacial score (nSPS) is 12.4. The Morgan fingerprint density at radius 3 is 2.08 bits per heavy atom. The molecule has 0 heterocycles. The van der Waals surface area contributed by atoms with Gasteiger partial charge in [0.15, 0.2) is 0 Å². The van der Waals surface area contributed by atoms with Gasteiger partial charge in [0.2, 0.25) is 11.8 Å². The molecule has 1 N–H and O–H groups in total. The standard InChI is InChI=1S/C31H39N3O4S/c1-6-28(30(36)32-31(3,4)5)33(21-20-25-15-9-7-10-16-25)29(35)23-34(26-17-13-14-24(2)22-26)39(37,38)27-18-11-8-12-19-27/h7-19,22,28H,6,20-21,23H2,1-5H3,(H,32,36). The van der Waals surface area contributed by atoms with Crippen LogP contribution in [-0.4, -0.2) is 49.8 Å². The van der Waals surface area contributed by atoms with E-state index in [1.807, 2.05) is 71.0 Å². The van der Waals surface area contributed by atoms with E-state index in [1.54, 1.807) is 36.4 Å². The molecule has 0 fully saturated rings. The molecule has 39 heavy (non-hydrogen) atoms. The first-order valence-corrected chi connectivity index (χ1v) is 14.7. The van der Waals surface area contributed by atoms with Crippen molar-refractivity contribution in [2.45, 2.75) is 63.9 Å². The van der Waals surface area contributed by atoms with Gasteiger partial charge in [-0.1, -0.05) is 67.6 Å². The van der Waals surface area contributed by atoms with Gasteiger partial charge in [-0.3, -0.25) is 13.9 Å². The molecule has 0 spiro atoms. The van der Waals surface area contributed by atoms with Crippen molar-refractivity contribution in [3.8, 4) is 0 Å². The second-order valence-corrected chi connectivity index (χ2v) is 12.5. The van der Waals surface area contributed by atoms with Crippen LogP contribution in [0, 0.1) is 6.92 Å². The summed E-state index contributed by atoms with van der Waals surface area (Å²) in [6, 6.07) is 24.1. The minimum Gasteiger partial charge on any atom is -0.350 e. The SMILES string of the molecule is CCC(C(=O)NC(C)(C)C)N(CCc1ccccc1)C(=O)CN(c1cccc(C)c1)S(=O)(=O)c1ccccc1. The van der Waals surface area contributed by atoms with E-state index in [0.29, 0.717) is 18.5 Å². The largest absolute Gasteiger partial charge is 0.350 e. The molecule has 0 saturated carbocycles. The number of aryl methyl sites for hydroxylation is 1. The van der Waals surface area contributed by atoms with E-state index in [9.17, 15) is 18.0 Å². The number of nitrogens with zero attached hydrogens (tertiary/aromatic N) is 2. The molecule has 0 saturated heterocycles. The monoisotopic (exact) mass is 549 g/mol. The van der Waals surface area contributed by atoms with Crippen LogP contribution in [0.5, 0.6) is 0 Å². The zero-order chi connectivity index (χ0) is 28.6. The Morgan fingerprint density at radius 2 is 1.51 bits per heavy atom. The van der Waals surface area contributed by atoms with Gasteiger partial charge in [0, 0.05) is 12.1 Å². The fourth-order valence-electron chi connectivity index (χ4n) is 4.38. The molecule has 2 amide bonds. The summed E-state index contributed by atoms with van der Waals surface area (Å²) in [6.45, 7) is 9.23. The number of sulfonamides is 1. The molecule has 1 unspecified atom stereocenters. The van der Waals surface area contributed by atoms with Crippen molar-refractivity contribution in [2.75, 3.05) is 17.4 Å². The molecule has 3 aromatic rings. The van der Waals surface area contributed by atoms with E-state index in [4.69, 9.17) is 0 Å². The number of rotatable bonds is 11. The van der Waals surface area contributed by atoms with E-state index in [2.05, 4.69) is 5.32 Å². The molecule has 3 aromatic carbocycles. The summed E-state index contributed by atoms with van der Waals surface area (Å²) in [7, 11) is -4.06. The van der Waals surface area contributed by atoms with Gasteiger partial charge in [-0.2, -0.15) is 0 Å². The van der Waals surface area contributed by atoms with E-state index >= 15 is 0 Å². The maximum absolute atomic E-state index is 14.0. The molecule has 1 atom stereocenters. The summed E-state index contributed by atoms with van der Waals surface area (Å²) >= 11 is 0. The van der Waals surface area contributed by atoms with Crippen LogP contribution in [0.3, 0.4) is 0 Å². The summed E-state index contributed by atoms with van der Waals surface area (Å²) in [6.07, 6.45) is 0.917. The van der Waals surface area contributed by atoms with Crippen LogP contribution in [0.1, 0.15) is 45.2 Å². The number of nitrogens with one attached hydrogen (secondary N) is 1. The van der Waals surface area contributed by atoms with E-state index in [0.717, 1.165) is 15.4 Å². The second-order valence-electron chi connectivity index (χ2n) is 10.6. The first-order chi connectivity index (χ1) is 18.4. The Balaban J connectivity index is 2.01. The first kappa shape index (κ1) is 29.9. The van der Waals surface area contributed by atoms with Gasteiger partial charge in [0.1, 0.15) is 12.6 Å². The van der Waals surface area contributed by atoms with Crippen molar-refractivity contribution in [3.05, 3.63) is 96.1 Å². The molecule has 0 aliphatic heterocycles. The molecule has 0 aliphatic rings. The van der Waals surface area contributed by atoms with E-state index in [-0.39, 0.29) is 17.3 Å². The molecular weight excluding hydrogens is 510 g/mol. The average molecular weight is 550 g/mol. The molecule has 208 valence electrons. The smallest absolute Gasteiger partial charge is 0.264 e. The number of carbonyl (C=O) groups excluding carboxylic acids is 2. The summed E-state index contributed by atoms with van der Waals surface area (Å²) in [5.41, 5.74) is 1.80. The number of hydrogen-bond acceptors (Lipinski definition) is 4. The Hall–Kier alpha value is -3.65. The van der Waals surface area contributed by atoms with Gasteiger partial charge in [-0.25, -0.2) is 8.42 Å². The summed E-state index contributed by atoms with van der Waals surface area (Å²) in [4.78, 5) is 29.0. The molecule has 3 rings (SSSR count). The van der Waals surface area contributed by atoms with Gasteiger partial charge in [0.25, 0.3) is 10.0 Å². The summed E-state index contributed by atoms with van der Waals surface area (Å²) < 4.78 is 28.8. The topological polar surface area (TPSA) is 86.8 Å². The van der Waals surface area contributed by atoms with Crippen molar-refractivity contribution in [1.29, 1.82) is 0 Å². The summed E-state index contributed by atoms with van der Waals surface area (Å²) in [5, 5.41) is 2.99. The third-order valence-electron chi connectivity index (χ3n) is 6.27. The zero-order valence-electron chi connectivity index (χ0n) is 23.4. The van der Waals surface area contributed by atoms with Crippen LogP contribution in [-0.2, 0) is 26.0 Å². The minimum absolute atomic E-state index is 0.0904. The average Bonchev–Trinajstić information content (AvgIpc) is 2.89. The predicted molar refractivity (Wildman–Crippen MR) is 156 cm³/mol. The van der Waals surface area contributed by atoms with Crippen LogP contribution in [0.15, 0.2) is 89.8 Å². The lowest BCUT2D eigenvalue weighted by atomic mass is 10.1. The number of anilines is 1. The Bertz CT molecular complexity index is 1350. The predicted octanol–water partition coefficient (Wildman–Crippen LogP) is 4.95. The highest BCUT2D eigenvalue weighted by Gasteiger charge is 2.34. The first-order valence-electron chi connectivity index (χ1n) is 13.2. The van der Waals surface area contributed by atoms with Crippen molar-refractivity contribution in [3.63, 3.8) is 0 Å². The van der Waals surface area contributed by atoms with E-state index < -0.39 is 34.1 Å². The lowest BCUT2D eigenvalue weighted by molar-refractivity contribution is -0.140. The maximum atomic E-state index is 14.0. The van der Waals surface area contributed by atoms with Crippen molar-refractivity contribution < 1.29 is 18.0 Å². The number of hydrogen-bond donors (Lipinski definition) is 1. The Labute approximate surface area is 232 Å². The fraction of sp³-hybridized carbons (Fsp3) is 0.355. The lowest BCUT2D eigenvalue weighted by Gasteiger charge is -2.34. The van der Waals surface area contributed by atoms with Crippen LogP contribution >= 0.6 is 0 Å². The maximum Gasteiger partial charge on any atom is 0.264 e. The molecule has 0 radical (unpaired) electrons. The molecule has 0 aliphatic carbocycles. The van der Waals surface area contributed by atoms with Crippen molar-refractivity contribution >= 4 is 27.5 Å². The van der Waals surface area contributed by atoms with Crippen LogP contribution in [0.2, 0.25) is 0 Å². The molecule has 0 bridgehead atoms. The highest BCUT2D eigenvalue weighted by Crippen LogP contribution is 2.25. The van der Waals surface area contributed by atoms with Crippen LogP contribution in [0.25, 0.3) is 0 Å². The molecular formula is C31H39N3O4S. The molecule has 0 aromatic heterocycles. The van der Waals surface area contributed by atoms with Crippen molar-refractivity contribution in [1.82, 2.24) is 10.2 Å². The Kier molecular flexibility index (Phi) is 9.92. The van der Waals surface area contributed by atoms with Gasteiger partial charge in [0.05, 0.1) is 10.6 Å². The third kappa shape index (κ3) is 8.17. The van der Waals surface area contributed by atoms with E-state index in [1.165, 1.54) is 17.0 Å². The van der Waals surface area contributed by atoms with Gasteiger partial charge in [-0.05, 0) is 75.9 Å². The summed E-state index contributed by atoms with van der Waals surface area (Å²) in [5.74, 6) is -0.706. The number of benzene rings is 3. The van der Waals surface area contributed by atoms with Crippen molar-refractivity contribution in [2.24, 2.45) is 0 Å². The number of carbonyl (C=O) groups is 2. The van der Waals surface area contributed by atoms with Gasteiger partial charge in [-0.15, -0.1) is 0 Å². The minimum atomic E-state index is -4.06. The zero-order valence-corrected chi connectivity index (χ0v) is 24.2. The highest BCUT2D eigenvalue weighted by molar-refractivity contribution is 7.92. The highest BCUT2D eigenvalue weighted by atomic mass is 32.2.